The van der Waals surface area contributed by atoms with Gasteiger partial charge in [0.05, 0.1) is 13.7 Å². The predicted molar refractivity (Wildman–Crippen MR) is 110 cm³/mol. The van der Waals surface area contributed by atoms with Gasteiger partial charge in [-0.1, -0.05) is 25.3 Å². The maximum absolute atomic E-state index is 13.0. The number of hydrogen-bond donors (Lipinski definition) is 1. The molecule has 3 rings (SSSR count). The molecule has 1 aliphatic heterocycles. The Morgan fingerprint density at radius 1 is 1.13 bits per heavy atom. The molecule has 9 nitrogen and oxygen atoms in total. The molecule has 0 unspecified atom stereocenters. The zero-order valence-corrected chi connectivity index (χ0v) is 17.6. The Balaban J connectivity index is 1.86. The normalized spacial score (nSPS) is 18.7. The van der Waals surface area contributed by atoms with Crippen LogP contribution in [0.3, 0.4) is 0 Å². The van der Waals surface area contributed by atoms with Gasteiger partial charge in [0.15, 0.2) is 18.1 Å². The van der Waals surface area contributed by atoms with E-state index in [1.54, 1.807) is 25.1 Å². The van der Waals surface area contributed by atoms with Crippen LogP contribution in [0.5, 0.6) is 11.5 Å². The van der Waals surface area contributed by atoms with Crippen LogP contribution in [0.15, 0.2) is 23.8 Å². The highest BCUT2D eigenvalue weighted by Crippen LogP contribution is 2.31. The van der Waals surface area contributed by atoms with Crippen molar-refractivity contribution in [2.24, 2.45) is 0 Å². The molecule has 1 heterocycles. The quantitative estimate of drug-likeness (QED) is 0.402. The first-order valence-electron chi connectivity index (χ1n) is 10.3. The van der Waals surface area contributed by atoms with Crippen LogP contribution >= 0.6 is 0 Å². The first-order chi connectivity index (χ1) is 14.9. The number of rotatable bonds is 7. The summed E-state index contributed by atoms with van der Waals surface area (Å²) in [6.07, 6.45) is 5.86. The minimum atomic E-state index is -0.731. The lowest BCUT2D eigenvalue weighted by molar-refractivity contribution is -0.143. The number of benzene rings is 1. The van der Waals surface area contributed by atoms with Crippen molar-refractivity contribution in [3.8, 4) is 11.5 Å². The van der Waals surface area contributed by atoms with Crippen LogP contribution in [0.25, 0.3) is 6.08 Å². The van der Waals surface area contributed by atoms with E-state index in [9.17, 15) is 19.2 Å². The van der Waals surface area contributed by atoms with Crippen molar-refractivity contribution in [2.75, 3.05) is 20.3 Å². The molecule has 1 aliphatic carbocycles. The fourth-order valence-electron chi connectivity index (χ4n) is 3.71. The van der Waals surface area contributed by atoms with Crippen molar-refractivity contribution in [3.05, 3.63) is 29.3 Å². The molecular weight excluding hydrogens is 404 g/mol. The van der Waals surface area contributed by atoms with E-state index in [0.717, 1.165) is 32.1 Å². The Bertz CT molecular complexity index is 903. The van der Waals surface area contributed by atoms with E-state index in [1.165, 1.54) is 18.1 Å². The topological polar surface area (TPSA) is 111 Å². The lowest BCUT2D eigenvalue weighted by Crippen LogP contribution is -2.58. The van der Waals surface area contributed by atoms with Gasteiger partial charge in [0, 0.05) is 6.04 Å². The molecule has 166 valence electrons. The number of barbiturate groups is 1. The summed E-state index contributed by atoms with van der Waals surface area (Å²) in [5.41, 5.74) is 0.404. The van der Waals surface area contributed by atoms with Gasteiger partial charge in [0.25, 0.3) is 11.8 Å². The number of imide groups is 2. The number of hydrogen-bond acceptors (Lipinski definition) is 7. The maximum atomic E-state index is 13.0. The van der Waals surface area contributed by atoms with Gasteiger partial charge in [-0.25, -0.2) is 9.59 Å². The highest BCUT2D eigenvalue weighted by atomic mass is 16.6. The molecule has 0 atom stereocenters. The number of nitrogens with one attached hydrogen (secondary N) is 1. The van der Waals surface area contributed by atoms with Gasteiger partial charge in [0.1, 0.15) is 5.57 Å². The minimum absolute atomic E-state index is 0.115. The molecule has 2 aliphatic rings. The van der Waals surface area contributed by atoms with E-state index in [1.807, 2.05) is 0 Å². The van der Waals surface area contributed by atoms with Crippen LogP contribution in [0.1, 0.15) is 44.6 Å². The molecule has 4 amide bonds. The number of esters is 1. The summed E-state index contributed by atoms with van der Waals surface area (Å²) in [5.74, 6) is -1.18. The number of carbonyl (C=O) groups is 4. The minimum Gasteiger partial charge on any atom is -0.490 e. The first kappa shape index (κ1) is 22.3. The van der Waals surface area contributed by atoms with E-state index in [4.69, 9.17) is 9.47 Å². The summed E-state index contributed by atoms with van der Waals surface area (Å²) in [4.78, 5) is 50.2. The van der Waals surface area contributed by atoms with E-state index < -0.39 is 23.8 Å². The highest BCUT2D eigenvalue weighted by molar-refractivity contribution is 6.31. The monoisotopic (exact) mass is 430 g/mol. The Hall–Kier alpha value is -3.36. The third-order valence-corrected chi connectivity index (χ3v) is 5.22. The van der Waals surface area contributed by atoms with Gasteiger partial charge in [0.2, 0.25) is 0 Å². The Morgan fingerprint density at radius 3 is 2.55 bits per heavy atom. The van der Waals surface area contributed by atoms with Crippen molar-refractivity contribution in [3.63, 3.8) is 0 Å². The van der Waals surface area contributed by atoms with Gasteiger partial charge in [-0.2, -0.15) is 0 Å². The average Bonchev–Trinajstić information content (AvgIpc) is 2.76. The molecule has 0 aromatic heterocycles. The van der Waals surface area contributed by atoms with Crippen molar-refractivity contribution in [2.45, 2.75) is 45.1 Å². The zero-order valence-electron chi connectivity index (χ0n) is 17.6. The maximum Gasteiger partial charge on any atom is 0.343 e. The molecule has 31 heavy (non-hydrogen) atoms. The molecule has 1 saturated carbocycles. The summed E-state index contributed by atoms with van der Waals surface area (Å²) < 4.78 is 15.5. The standard InChI is InChI=1S/C22H26N2O7/c1-3-30-18-12-14(9-10-17(18)31-13-19(25)29-2)11-16-20(26)23-22(28)24(21(16)27)15-7-5-4-6-8-15/h9-12,15H,3-8,13H2,1-2H3,(H,23,26,28)/b16-11+. The van der Waals surface area contributed by atoms with Crippen LogP contribution in [-0.2, 0) is 19.1 Å². The molecule has 9 heteroatoms. The second-order valence-electron chi connectivity index (χ2n) is 7.29. The average molecular weight is 430 g/mol. The van der Waals surface area contributed by atoms with Crippen LogP contribution in [0.2, 0.25) is 0 Å². The van der Waals surface area contributed by atoms with Crippen LogP contribution < -0.4 is 14.8 Å². The van der Waals surface area contributed by atoms with Gasteiger partial charge in [-0.05, 0) is 43.5 Å². The molecule has 1 aromatic rings. The molecule has 1 N–H and O–H groups in total. The first-order valence-corrected chi connectivity index (χ1v) is 10.3. The van der Waals surface area contributed by atoms with Crippen molar-refractivity contribution in [1.82, 2.24) is 10.2 Å². The predicted octanol–water partition coefficient (Wildman–Crippen LogP) is 2.43. The van der Waals surface area contributed by atoms with Crippen molar-refractivity contribution >= 4 is 29.9 Å². The summed E-state index contributed by atoms with van der Waals surface area (Å²) in [6.45, 7) is 1.86. The fourth-order valence-corrected chi connectivity index (χ4v) is 3.71. The number of ether oxygens (including phenoxy) is 3. The third kappa shape index (κ3) is 5.22. The molecule has 0 bridgehead atoms. The summed E-state index contributed by atoms with van der Waals surface area (Å²) >= 11 is 0. The van der Waals surface area contributed by atoms with Gasteiger partial charge in [-0.3, -0.25) is 19.8 Å². The number of carbonyl (C=O) groups excluding carboxylic acids is 4. The number of methoxy groups -OCH3 is 1. The summed E-state index contributed by atoms with van der Waals surface area (Å²) in [6, 6.07) is 3.94. The summed E-state index contributed by atoms with van der Waals surface area (Å²) in [5, 5.41) is 2.27. The van der Waals surface area contributed by atoms with E-state index >= 15 is 0 Å². The fraction of sp³-hybridized carbons (Fsp3) is 0.455. The van der Waals surface area contributed by atoms with E-state index in [0.29, 0.717) is 23.7 Å². The molecule has 0 spiro atoms. The van der Waals surface area contributed by atoms with Gasteiger partial charge < -0.3 is 14.2 Å². The van der Waals surface area contributed by atoms with Crippen LogP contribution in [-0.4, -0.2) is 55.1 Å². The molecule has 0 radical (unpaired) electrons. The second kappa shape index (κ2) is 10.1. The smallest absolute Gasteiger partial charge is 0.343 e. The third-order valence-electron chi connectivity index (χ3n) is 5.22. The van der Waals surface area contributed by atoms with Crippen molar-refractivity contribution < 1.29 is 33.4 Å². The SMILES string of the molecule is CCOc1cc(/C=C2\C(=O)NC(=O)N(C3CCCCC3)C2=O)ccc1OCC(=O)OC. The number of urea groups is 1. The molecule has 2 fully saturated rings. The Labute approximate surface area is 180 Å². The number of nitrogens with zero attached hydrogens (tertiary/aromatic N) is 1. The van der Waals surface area contributed by atoms with Crippen LogP contribution in [0, 0.1) is 0 Å². The Morgan fingerprint density at radius 2 is 1.87 bits per heavy atom. The zero-order chi connectivity index (χ0) is 22.4. The summed E-state index contributed by atoms with van der Waals surface area (Å²) in [7, 11) is 1.26. The Kier molecular flexibility index (Phi) is 7.28. The van der Waals surface area contributed by atoms with E-state index in [2.05, 4.69) is 10.1 Å². The van der Waals surface area contributed by atoms with Crippen LogP contribution in [0.4, 0.5) is 4.79 Å². The molecule has 1 saturated heterocycles. The van der Waals surface area contributed by atoms with Crippen molar-refractivity contribution in [1.29, 1.82) is 0 Å². The second-order valence-corrected chi connectivity index (χ2v) is 7.29. The highest BCUT2D eigenvalue weighted by Gasteiger charge is 2.40. The van der Waals surface area contributed by atoms with E-state index in [-0.39, 0.29) is 18.2 Å². The van der Waals surface area contributed by atoms with Gasteiger partial charge in [-0.15, -0.1) is 0 Å². The van der Waals surface area contributed by atoms with Gasteiger partial charge >= 0.3 is 12.0 Å². The lowest BCUT2D eigenvalue weighted by atomic mass is 9.93. The molecular formula is C22H26N2O7. The number of amides is 4. The lowest BCUT2D eigenvalue weighted by Gasteiger charge is -2.35. The molecule has 1 aromatic carbocycles. The largest absolute Gasteiger partial charge is 0.490 e.